The fourth-order valence-electron chi connectivity index (χ4n) is 0.802. The maximum Gasteiger partial charge on any atom is 0.324 e. The standard InChI is InChI=1S/C8H16O4S/c1-5-12-8(9)7(4)13(10,11)6(2)3/h6-7H,5H2,1-4H3. The van der Waals surface area contributed by atoms with Gasteiger partial charge in [-0.2, -0.15) is 0 Å². The second-order valence-electron chi connectivity index (χ2n) is 3.03. The second kappa shape index (κ2) is 4.60. The topological polar surface area (TPSA) is 60.4 Å². The maximum absolute atomic E-state index is 11.4. The van der Waals surface area contributed by atoms with Crippen LogP contribution in [0.4, 0.5) is 0 Å². The summed E-state index contributed by atoms with van der Waals surface area (Å²) in [7, 11) is -3.37. The molecule has 0 aromatic heterocycles. The molecule has 0 bridgehead atoms. The molecule has 0 aromatic carbocycles. The van der Waals surface area contributed by atoms with Crippen molar-refractivity contribution in [2.45, 2.75) is 38.2 Å². The van der Waals surface area contributed by atoms with Crippen LogP contribution in [0.2, 0.25) is 0 Å². The molecule has 4 nitrogen and oxygen atoms in total. The van der Waals surface area contributed by atoms with Crippen LogP contribution in [0.25, 0.3) is 0 Å². The first-order valence-corrected chi connectivity index (χ1v) is 5.84. The lowest BCUT2D eigenvalue weighted by atomic mass is 10.5. The molecule has 0 aliphatic rings. The van der Waals surface area contributed by atoms with Gasteiger partial charge in [0.2, 0.25) is 0 Å². The third kappa shape index (κ3) is 2.99. The molecule has 0 aliphatic carbocycles. The molecule has 0 aromatic rings. The monoisotopic (exact) mass is 208 g/mol. The minimum atomic E-state index is -3.37. The number of rotatable bonds is 4. The molecule has 13 heavy (non-hydrogen) atoms. The van der Waals surface area contributed by atoms with Crippen LogP contribution < -0.4 is 0 Å². The Kier molecular flexibility index (Phi) is 4.39. The van der Waals surface area contributed by atoms with E-state index in [1.807, 2.05) is 0 Å². The van der Waals surface area contributed by atoms with Crippen molar-refractivity contribution >= 4 is 15.8 Å². The second-order valence-corrected chi connectivity index (χ2v) is 5.86. The molecule has 78 valence electrons. The average molecular weight is 208 g/mol. The van der Waals surface area contributed by atoms with E-state index < -0.39 is 26.3 Å². The van der Waals surface area contributed by atoms with Gasteiger partial charge in [0.1, 0.15) is 0 Å². The highest BCUT2D eigenvalue weighted by Gasteiger charge is 2.31. The van der Waals surface area contributed by atoms with Gasteiger partial charge in [-0.05, 0) is 27.7 Å². The summed E-state index contributed by atoms with van der Waals surface area (Å²) in [5.74, 6) is -0.670. The first-order valence-electron chi connectivity index (χ1n) is 4.23. The number of ether oxygens (including phenoxy) is 1. The van der Waals surface area contributed by atoms with Crippen LogP contribution in [0.1, 0.15) is 27.7 Å². The highest BCUT2D eigenvalue weighted by molar-refractivity contribution is 7.93. The summed E-state index contributed by atoms with van der Waals surface area (Å²) in [6.07, 6.45) is 0. The van der Waals surface area contributed by atoms with Crippen LogP contribution in [0, 0.1) is 0 Å². The van der Waals surface area contributed by atoms with E-state index in [4.69, 9.17) is 0 Å². The first-order chi connectivity index (χ1) is 5.84. The minimum Gasteiger partial charge on any atom is -0.465 e. The Morgan fingerprint density at radius 3 is 2.08 bits per heavy atom. The van der Waals surface area contributed by atoms with Gasteiger partial charge < -0.3 is 4.74 Å². The van der Waals surface area contributed by atoms with Crippen molar-refractivity contribution in [2.24, 2.45) is 0 Å². The Balaban J connectivity index is 4.60. The smallest absolute Gasteiger partial charge is 0.324 e. The summed E-state index contributed by atoms with van der Waals surface area (Å²) in [6.45, 7) is 6.30. The van der Waals surface area contributed by atoms with Crippen molar-refractivity contribution in [1.29, 1.82) is 0 Å². The quantitative estimate of drug-likeness (QED) is 0.640. The highest BCUT2D eigenvalue weighted by atomic mass is 32.2. The number of carbonyl (C=O) groups is 1. The molecule has 5 heteroatoms. The number of sulfone groups is 1. The van der Waals surface area contributed by atoms with E-state index in [1.165, 1.54) is 6.92 Å². The molecule has 0 rings (SSSR count). The third-order valence-electron chi connectivity index (χ3n) is 1.77. The summed E-state index contributed by atoms with van der Waals surface area (Å²) in [5.41, 5.74) is 0. The van der Waals surface area contributed by atoms with Crippen molar-refractivity contribution in [2.75, 3.05) is 6.61 Å². The highest BCUT2D eigenvalue weighted by Crippen LogP contribution is 2.10. The van der Waals surface area contributed by atoms with E-state index in [0.717, 1.165) is 0 Å². The summed E-state index contributed by atoms with van der Waals surface area (Å²) in [4.78, 5) is 11.1. The van der Waals surface area contributed by atoms with Gasteiger partial charge in [0, 0.05) is 0 Å². The Morgan fingerprint density at radius 1 is 1.31 bits per heavy atom. The molecular formula is C8H16O4S. The predicted octanol–water partition coefficient (Wildman–Crippen LogP) is 0.761. The SMILES string of the molecule is CCOC(=O)C(C)S(=O)(=O)C(C)C. The molecule has 0 fully saturated rings. The fourth-order valence-corrected chi connectivity index (χ4v) is 1.95. The molecule has 1 atom stereocenters. The van der Waals surface area contributed by atoms with E-state index in [1.54, 1.807) is 20.8 Å². The van der Waals surface area contributed by atoms with Gasteiger partial charge in [0.25, 0.3) is 0 Å². The van der Waals surface area contributed by atoms with Gasteiger partial charge >= 0.3 is 5.97 Å². The van der Waals surface area contributed by atoms with Crippen LogP contribution in [0.5, 0.6) is 0 Å². The van der Waals surface area contributed by atoms with Crippen molar-refractivity contribution in [3.63, 3.8) is 0 Å². The van der Waals surface area contributed by atoms with E-state index in [0.29, 0.717) is 0 Å². The molecule has 0 heterocycles. The Bertz CT molecular complexity index is 266. The van der Waals surface area contributed by atoms with Crippen molar-refractivity contribution < 1.29 is 17.9 Å². The zero-order chi connectivity index (χ0) is 10.6. The molecule has 0 aliphatic heterocycles. The maximum atomic E-state index is 11.4. The molecule has 1 unspecified atom stereocenters. The number of carbonyl (C=O) groups excluding carboxylic acids is 1. The lowest BCUT2D eigenvalue weighted by Gasteiger charge is -2.13. The molecule has 0 N–H and O–H groups in total. The zero-order valence-corrected chi connectivity index (χ0v) is 9.22. The minimum absolute atomic E-state index is 0.205. The average Bonchev–Trinajstić information content (AvgIpc) is 2.03. The van der Waals surface area contributed by atoms with Crippen LogP contribution >= 0.6 is 0 Å². The molecule has 0 amide bonds. The molecule has 0 saturated carbocycles. The summed E-state index contributed by atoms with van der Waals surface area (Å²) < 4.78 is 27.5. The summed E-state index contributed by atoms with van der Waals surface area (Å²) in [5, 5.41) is -1.61. The van der Waals surface area contributed by atoms with E-state index >= 15 is 0 Å². The van der Waals surface area contributed by atoms with Crippen molar-refractivity contribution in [3.8, 4) is 0 Å². The predicted molar refractivity (Wildman–Crippen MR) is 50.2 cm³/mol. The lowest BCUT2D eigenvalue weighted by molar-refractivity contribution is -0.142. The molecule has 0 spiro atoms. The summed E-state index contributed by atoms with van der Waals surface area (Å²) >= 11 is 0. The molecule has 0 saturated heterocycles. The molecule has 0 radical (unpaired) electrons. The van der Waals surface area contributed by atoms with Gasteiger partial charge in [0.05, 0.1) is 11.9 Å². The van der Waals surface area contributed by atoms with Crippen LogP contribution in [0.3, 0.4) is 0 Å². The number of hydrogen-bond acceptors (Lipinski definition) is 4. The fraction of sp³-hybridized carbons (Fsp3) is 0.875. The van der Waals surface area contributed by atoms with Crippen molar-refractivity contribution in [3.05, 3.63) is 0 Å². The van der Waals surface area contributed by atoms with Gasteiger partial charge in [-0.25, -0.2) is 8.42 Å². The number of hydrogen-bond donors (Lipinski definition) is 0. The van der Waals surface area contributed by atoms with Gasteiger partial charge in [-0.1, -0.05) is 0 Å². The van der Waals surface area contributed by atoms with E-state index in [2.05, 4.69) is 4.74 Å². The zero-order valence-electron chi connectivity index (χ0n) is 8.40. The Hall–Kier alpha value is -0.580. The Morgan fingerprint density at radius 2 is 1.77 bits per heavy atom. The summed E-state index contributed by atoms with van der Waals surface area (Å²) in [6, 6.07) is 0. The van der Waals surface area contributed by atoms with Crippen LogP contribution in [-0.4, -0.2) is 31.5 Å². The third-order valence-corrected chi connectivity index (χ3v) is 4.26. The molecular weight excluding hydrogens is 192 g/mol. The first kappa shape index (κ1) is 12.4. The van der Waals surface area contributed by atoms with Gasteiger partial charge in [0.15, 0.2) is 15.1 Å². The largest absolute Gasteiger partial charge is 0.465 e. The lowest BCUT2D eigenvalue weighted by Crippen LogP contribution is -2.34. The number of esters is 1. The van der Waals surface area contributed by atoms with E-state index in [9.17, 15) is 13.2 Å². The van der Waals surface area contributed by atoms with Crippen LogP contribution in [0.15, 0.2) is 0 Å². The van der Waals surface area contributed by atoms with Gasteiger partial charge in [-0.15, -0.1) is 0 Å². The van der Waals surface area contributed by atoms with Gasteiger partial charge in [-0.3, -0.25) is 4.79 Å². The normalized spacial score (nSPS) is 14.2. The van der Waals surface area contributed by atoms with Crippen molar-refractivity contribution in [1.82, 2.24) is 0 Å². The van der Waals surface area contributed by atoms with E-state index in [-0.39, 0.29) is 6.61 Å². The Labute approximate surface area is 79.2 Å². The van der Waals surface area contributed by atoms with Crippen LogP contribution in [-0.2, 0) is 19.4 Å².